The SMILES string of the molecule is O=CCC(CC=O)OP(=O)(O)O. The van der Waals surface area contributed by atoms with E-state index in [1.54, 1.807) is 0 Å². The summed E-state index contributed by atoms with van der Waals surface area (Å²) in [4.78, 5) is 36.5. The maximum absolute atomic E-state index is 10.2. The van der Waals surface area contributed by atoms with Crippen LogP contribution < -0.4 is 0 Å². The molecule has 0 spiro atoms. The normalized spacial score (nSPS) is 11.6. The molecule has 0 atom stereocenters. The Morgan fingerprint density at radius 1 is 1.25 bits per heavy atom. The van der Waals surface area contributed by atoms with Gasteiger partial charge >= 0.3 is 7.82 Å². The zero-order valence-corrected chi connectivity index (χ0v) is 7.02. The largest absolute Gasteiger partial charge is 0.469 e. The Morgan fingerprint density at radius 2 is 1.67 bits per heavy atom. The molecule has 6 nitrogen and oxygen atoms in total. The third-order valence-electron chi connectivity index (χ3n) is 1.00. The maximum atomic E-state index is 10.2. The molecule has 0 rings (SSSR count). The van der Waals surface area contributed by atoms with Gasteiger partial charge in [-0.2, -0.15) is 0 Å². The van der Waals surface area contributed by atoms with Crippen molar-refractivity contribution < 1.29 is 28.5 Å². The average molecular weight is 196 g/mol. The molecule has 12 heavy (non-hydrogen) atoms. The molecule has 0 aromatic carbocycles. The summed E-state index contributed by atoms with van der Waals surface area (Å²) in [5, 5.41) is 0. The van der Waals surface area contributed by atoms with Crippen molar-refractivity contribution in [3.63, 3.8) is 0 Å². The predicted octanol–water partition coefficient (Wildman–Crippen LogP) is -0.358. The summed E-state index contributed by atoms with van der Waals surface area (Å²) in [5.41, 5.74) is 0. The molecule has 0 saturated heterocycles. The number of phosphoric ester groups is 1. The topological polar surface area (TPSA) is 101 Å². The van der Waals surface area contributed by atoms with Crippen molar-refractivity contribution in [3.05, 3.63) is 0 Å². The lowest BCUT2D eigenvalue weighted by molar-refractivity contribution is -0.111. The Balaban J connectivity index is 4.02. The van der Waals surface area contributed by atoms with E-state index in [4.69, 9.17) is 9.79 Å². The summed E-state index contributed by atoms with van der Waals surface area (Å²) in [6, 6.07) is 0. The van der Waals surface area contributed by atoms with Crippen molar-refractivity contribution in [1.29, 1.82) is 0 Å². The van der Waals surface area contributed by atoms with Gasteiger partial charge in [0.15, 0.2) is 0 Å². The molecule has 0 aromatic rings. The zero-order valence-electron chi connectivity index (χ0n) is 6.12. The number of rotatable bonds is 6. The van der Waals surface area contributed by atoms with E-state index < -0.39 is 13.9 Å². The first kappa shape index (κ1) is 11.4. The Hall–Kier alpha value is -0.550. The summed E-state index contributed by atoms with van der Waals surface area (Å²) < 4.78 is 14.4. The Labute approximate surface area is 68.8 Å². The van der Waals surface area contributed by atoms with Gasteiger partial charge in [0, 0.05) is 12.8 Å². The van der Waals surface area contributed by atoms with Gasteiger partial charge in [-0.3, -0.25) is 4.52 Å². The van der Waals surface area contributed by atoms with Crippen molar-refractivity contribution in [1.82, 2.24) is 0 Å². The minimum absolute atomic E-state index is 0.205. The second-order valence-electron chi connectivity index (χ2n) is 2.02. The Kier molecular flexibility index (Phi) is 4.92. The third-order valence-corrected chi connectivity index (χ3v) is 1.58. The number of phosphoric acid groups is 1. The Bertz CT molecular complexity index is 186. The van der Waals surface area contributed by atoms with Gasteiger partial charge in [0.25, 0.3) is 0 Å². The maximum Gasteiger partial charge on any atom is 0.469 e. The highest BCUT2D eigenvalue weighted by molar-refractivity contribution is 7.46. The van der Waals surface area contributed by atoms with Crippen LogP contribution in [0.4, 0.5) is 0 Å². The van der Waals surface area contributed by atoms with Crippen molar-refractivity contribution in [2.24, 2.45) is 0 Å². The zero-order chi connectivity index (χ0) is 9.61. The summed E-state index contributed by atoms with van der Waals surface area (Å²) >= 11 is 0. The summed E-state index contributed by atoms with van der Waals surface area (Å²) in [6.07, 6.45) is -0.567. The molecule has 0 unspecified atom stereocenters. The van der Waals surface area contributed by atoms with E-state index in [0.29, 0.717) is 12.6 Å². The van der Waals surface area contributed by atoms with Crippen molar-refractivity contribution in [2.45, 2.75) is 18.9 Å². The van der Waals surface area contributed by atoms with E-state index in [9.17, 15) is 14.2 Å². The van der Waals surface area contributed by atoms with Crippen LogP contribution in [0.15, 0.2) is 0 Å². The number of carbonyl (C=O) groups is 2. The van der Waals surface area contributed by atoms with Crippen LogP contribution in [0.1, 0.15) is 12.8 Å². The number of aldehydes is 2. The molecule has 0 aliphatic rings. The smallest absolute Gasteiger partial charge is 0.303 e. The molecular formula is C5H9O6P. The summed E-state index contributed by atoms with van der Waals surface area (Å²) in [7, 11) is -4.60. The minimum atomic E-state index is -4.60. The molecule has 0 aromatic heterocycles. The van der Waals surface area contributed by atoms with Gasteiger partial charge in [-0.25, -0.2) is 4.57 Å². The van der Waals surface area contributed by atoms with Crippen LogP contribution in [0.3, 0.4) is 0 Å². The quantitative estimate of drug-likeness (QED) is 0.444. The minimum Gasteiger partial charge on any atom is -0.303 e. The van der Waals surface area contributed by atoms with Gasteiger partial charge in [0.2, 0.25) is 0 Å². The second kappa shape index (κ2) is 5.16. The van der Waals surface area contributed by atoms with Gasteiger partial charge in [-0.1, -0.05) is 0 Å². The van der Waals surface area contributed by atoms with Gasteiger partial charge < -0.3 is 19.4 Å². The van der Waals surface area contributed by atoms with Gasteiger partial charge in [0.1, 0.15) is 12.6 Å². The third kappa shape index (κ3) is 6.18. The van der Waals surface area contributed by atoms with Crippen LogP contribution in [-0.2, 0) is 18.7 Å². The van der Waals surface area contributed by atoms with E-state index in [0.717, 1.165) is 0 Å². The highest BCUT2D eigenvalue weighted by Gasteiger charge is 2.21. The van der Waals surface area contributed by atoms with E-state index in [1.807, 2.05) is 0 Å². The predicted molar refractivity (Wildman–Crippen MR) is 38.3 cm³/mol. The number of hydrogen-bond donors (Lipinski definition) is 2. The highest BCUT2D eigenvalue weighted by Crippen LogP contribution is 2.38. The van der Waals surface area contributed by atoms with Crippen LogP contribution >= 0.6 is 7.82 Å². The van der Waals surface area contributed by atoms with Crippen LogP contribution in [0.2, 0.25) is 0 Å². The van der Waals surface area contributed by atoms with Crippen LogP contribution in [0.5, 0.6) is 0 Å². The van der Waals surface area contributed by atoms with E-state index in [1.165, 1.54) is 0 Å². The molecule has 0 saturated carbocycles. The molecule has 0 aliphatic carbocycles. The molecule has 7 heteroatoms. The van der Waals surface area contributed by atoms with Crippen LogP contribution in [-0.4, -0.2) is 28.5 Å². The lowest BCUT2D eigenvalue weighted by atomic mass is 10.2. The average Bonchev–Trinajstić information content (AvgIpc) is 1.84. The molecule has 0 radical (unpaired) electrons. The van der Waals surface area contributed by atoms with Gasteiger partial charge in [-0.05, 0) is 0 Å². The van der Waals surface area contributed by atoms with Crippen molar-refractivity contribution in [3.8, 4) is 0 Å². The fourth-order valence-corrected chi connectivity index (χ4v) is 1.15. The summed E-state index contributed by atoms with van der Waals surface area (Å²) in [5.74, 6) is 0. The molecule has 0 heterocycles. The summed E-state index contributed by atoms with van der Waals surface area (Å²) in [6.45, 7) is 0. The molecule has 0 aliphatic heterocycles. The first-order valence-corrected chi connectivity index (χ1v) is 4.64. The first-order chi connectivity index (χ1) is 5.49. The van der Waals surface area contributed by atoms with Gasteiger partial charge in [0.05, 0.1) is 6.10 Å². The molecular weight excluding hydrogens is 187 g/mol. The highest BCUT2D eigenvalue weighted by atomic mass is 31.2. The number of carbonyl (C=O) groups excluding carboxylic acids is 2. The lowest BCUT2D eigenvalue weighted by Gasteiger charge is -2.12. The van der Waals surface area contributed by atoms with E-state index >= 15 is 0 Å². The van der Waals surface area contributed by atoms with E-state index in [-0.39, 0.29) is 12.8 Å². The standard InChI is InChI=1S/C5H9O6P/c6-3-1-5(2-4-7)11-12(8,9)10/h3-5H,1-2H2,(H2,8,9,10). The monoisotopic (exact) mass is 196 g/mol. The van der Waals surface area contributed by atoms with Gasteiger partial charge in [-0.15, -0.1) is 0 Å². The lowest BCUT2D eigenvalue weighted by Crippen LogP contribution is -2.12. The van der Waals surface area contributed by atoms with Crippen LogP contribution in [0, 0.1) is 0 Å². The van der Waals surface area contributed by atoms with Crippen LogP contribution in [0.25, 0.3) is 0 Å². The number of hydrogen-bond acceptors (Lipinski definition) is 4. The molecule has 2 N–H and O–H groups in total. The molecule has 0 amide bonds. The molecule has 70 valence electrons. The first-order valence-electron chi connectivity index (χ1n) is 3.11. The fraction of sp³-hybridized carbons (Fsp3) is 0.600. The molecule has 0 bridgehead atoms. The Morgan fingerprint density at radius 3 is 1.92 bits per heavy atom. The van der Waals surface area contributed by atoms with E-state index in [2.05, 4.69) is 4.52 Å². The van der Waals surface area contributed by atoms with Crippen molar-refractivity contribution >= 4 is 20.4 Å². The second-order valence-corrected chi connectivity index (χ2v) is 3.21. The van der Waals surface area contributed by atoms with Crippen molar-refractivity contribution in [2.75, 3.05) is 0 Å². The molecule has 0 fully saturated rings. The fourth-order valence-electron chi connectivity index (χ4n) is 0.591.